The van der Waals surface area contributed by atoms with Crippen molar-refractivity contribution in [3.63, 3.8) is 0 Å². The van der Waals surface area contributed by atoms with Crippen molar-refractivity contribution in [3.8, 4) is 11.6 Å². The minimum atomic E-state index is -0.476. The molecule has 6 aromatic rings. The highest BCUT2D eigenvalue weighted by Gasteiger charge is 2.63. The third kappa shape index (κ3) is 9.15. The highest BCUT2D eigenvalue weighted by atomic mass is 79.9. The predicted molar refractivity (Wildman–Crippen MR) is 255 cm³/mol. The molecule has 0 atom stereocenters. The lowest BCUT2D eigenvalue weighted by atomic mass is 9.49. The zero-order valence-electron chi connectivity index (χ0n) is 39.1. The van der Waals surface area contributed by atoms with E-state index in [9.17, 15) is 0 Å². The lowest BCUT2D eigenvalue weighted by Gasteiger charge is -2.32. The molecular formula is C46H54B3BrN8O6. The molecule has 0 unspecified atom stereocenters. The van der Waals surface area contributed by atoms with E-state index in [0.717, 1.165) is 43.1 Å². The molecule has 9 rings (SSSR count). The molecule has 0 N–H and O–H groups in total. The fraction of sp³-hybridized carbons (Fsp3) is 0.435. The Morgan fingerprint density at radius 2 is 0.891 bits per heavy atom. The summed E-state index contributed by atoms with van der Waals surface area (Å²) in [5.41, 5.74) is 3.27. The molecule has 0 spiro atoms. The molecule has 14 nitrogen and oxygen atoms in total. The molecule has 3 saturated heterocycles. The topological polar surface area (TPSA) is 126 Å². The highest BCUT2D eigenvalue weighted by Crippen LogP contribution is 2.43. The van der Waals surface area contributed by atoms with Crippen molar-refractivity contribution in [2.75, 3.05) is 0 Å². The van der Waals surface area contributed by atoms with E-state index in [2.05, 4.69) is 45.8 Å². The Labute approximate surface area is 385 Å². The zero-order chi connectivity index (χ0) is 46.8. The number of nitrogens with zero attached hydrogens (tertiary/aromatic N) is 8. The molecule has 330 valence electrons. The summed E-state index contributed by atoms with van der Waals surface area (Å²) in [4.78, 5) is 16.0. The first kappa shape index (κ1) is 47.1. The van der Waals surface area contributed by atoms with Gasteiger partial charge in [-0.15, -0.1) is 0 Å². The second kappa shape index (κ2) is 16.8. The fourth-order valence-electron chi connectivity index (χ4n) is 7.13. The number of pyridine rings is 2. The molecule has 4 aromatic heterocycles. The van der Waals surface area contributed by atoms with Crippen LogP contribution in [0.4, 0.5) is 11.4 Å². The minimum absolute atomic E-state index is 0.360. The predicted octanol–water partition coefficient (Wildman–Crippen LogP) is 9.87. The standard InChI is InChI=1S/C20H21BN4O2.C14H9BrN4.C12H24B2O4/c1-13-9-16(22-6)11-18(24-13)25-17-10-15(8-7-14(17)12-23-25)21-26-19(2,3)20(4,5)27-21;1-9-5-12(16-2)7-14(18-9)19-13-6-11(15)4-3-10(13)8-17-19;1-9(2)10(3,4)16-13(15-9)14-17-11(5,6)12(7,8)18-14/h7-12H,1-5H3;3-8H,1H3;1-8H3. The third-order valence-corrected chi connectivity index (χ3v) is 13.5. The summed E-state index contributed by atoms with van der Waals surface area (Å²) >= 11 is 3.46. The van der Waals surface area contributed by atoms with Crippen molar-refractivity contribution in [1.29, 1.82) is 0 Å². The first-order valence-electron chi connectivity index (χ1n) is 21.2. The summed E-state index contributed by atoms with van der Waals surface area (Å²) in [6.45, 7) is 42.5. The van der Waals surface area contributed by atoms with Crippen LogP contribution in [0.25, 0.3) is 43.1 Å². The van der Waals surface area contributed by atoms with Crippen molar-refractivity contribution in [2.45, 2.75) is 131 Å². The van der Waals surface area contributed by atoms with E-state index in [4.69, 9.17) is 41.1 Å². The van der Waals surface area contributed by atoms with Gasteiger partial charge in [0.2, 0.25) is 0 Å². The molecule has 7 heterocycles. The van der Waals surface area contributed by atoms with Crippen molar-refractivity contribution in [1.82, 2.24) is 29.5 Å². The molecule has 0 radical (unpaired) electrons. The number of hydrogen-bond donors (Lipinski definition) is 0. The molecular weight excluding hydrogens is 873 g/mol. The summed E-state index contributed by atoms with van der Waals surface area (Å²) in [7, 11) is -1.39. The number of fused-ring (bicyclic) bond motifs is 2. The normalized spacial score (nSPS) is 19.7. The van der Waals surface area contributed by atoms with Gasteiger partial charge < -0.3 is 27.9 Å². The third-order valence-electron chi connectivity index (χ3n) is 13.0. The summed E-state index contributed by atoms with van der Waals surface area (Å²) < 4.78 is 40.7. The molecule has 0 bridgehead atoms. The van der Waals surface area contributed by atoms with Crippen LogP contribution in [-0.4, -0.2) is 84.3 Å². The van der Waals surface area contributed by atoms with Gasteiger partial charge >= 0.3 is 21.1 Å². The van der Waals surface area contributed by atoms with E-state index in [1.807, 2.05) is 133 Å². The van der Waals surface area contributed by atoms with Crippen LogP contribution in [-0.2, 0) is 27.9 Å². The maximum absolute atomic E-state index is 7.28. The van der Waals surface area contributed by atoms with Crippen LogP contribution in [0.15, 0.2) is 77.5 Å². The minimum Gasteiger partial charge on any atom is -0.405 e. The molecule has 64 heavy (non-hydrogen) atoms. The van der Waals surface area contributed by atoms with Gasteiger partial charge in [-0.2, -0.15) is 10.2 Å². The van der Waals surface area contributed by atoms with Crippen LogP contribution in [0.3, 0.4) is 0 Å². The van der Waals surface area contributed by atoms with Crippen LogP contribution in [0.2, 0.25) is 0 Å². The number of aromatic nitrogens is 6. The Morgan fingerprint density at radius 1 is 0.516 bits per heavy atom. The first-order chi connectivity index (χ1) is 29.7. The Balaban J connectivity index is 0.000000148. The number of benzene rings is 2. The zero-order valence-corrected chi connectivity index (χ0v) is 40.7. The van der Waals surface area contributed by atoms with Crippen LogP contribution in [0.5, 0.6) is 0 Å². The molecule has 0 aliphatic carbocycles. The van der Waals surface area contributed by atoms with Gasteiger partial charge in [0.05, 0.1) is 70.2 Å². The van der Waals surface area contributed by atoms with E-state index in [1.54, 1.807) is 46.0 Å². The Kier molecular flexibility index (Phi) is 12.4. The van der Waals surface area contributed by atoms with Crippen LogP contribution in [0, 0.1) is 27.0 Å². The summed E-state index contributed by atoms with van der Waals surface area (Å²) in [6.07, 6.45) is 3.59. The number of rotatable bonds is 4. The van der Waals surface area contributed by atoms with Crippen molar-refractivity contribution >= 4 is 75.7 Å². The van der Waals surface area contributed by atoms with Crippen LogP contribution < -0.4 is 5.46 Å². The van der Waals surface area contributed by atoms with Crippen LogP contribution in [0.1, 0.15) is 94.5 Å². The second-order valence-corrected chi connectivity index (χ2v) is 20.3. The van der Waals surface area contributed by atoms with Gasteiger partial charge in [0, 0.05) is 26.6 Å². The van der Waals surface area contributed by atoms with Gasteiger partial charge in [-0.1, -0.05) is 34.1 Å². The second-order valence-electron chi connectivity index (χ2n) is 19.3. The molecule has 18 heteroatoms. The largest absolute Gasteiger partial charge is 0.494 e. The van der Waals surface area contributed by atoms with Crippen LogP contribution >= 0.6 is 15.9 Å². The van der Waals surface area contributed by atoms with Crippen molar-refractivity contribution in [2.24, 2.45) is 0 Å². The Morgan fingerprint density at radius 3 is 1.30 bits per heavy atom. The van der Waals surface area contributed by atoms with Gasteiger partial charge in [-0.25, -0.2) is 29.0 Å². The maximum atomic E-state index is 7.28. The van der Waals surface area contributed by atoms with E-state index >= 15 is 0 Å². The lowest BCUT2D eigenvalue weighted by Crippen LogP contribution is -2.41. The number of hydrogen-bond acceptors (Lipinski definition) is 10. The number of halogens is 1. The van der Waals surface area contributed by atoms with Gasteiger partial charge in [-0.05, 0) is 145 Å². The summed E-state index contributed by atoms with van der Waals surface area (Å²) in [5.74, 6) is 1.29. The maximum Gasteiger partial charge on any atom is 0.494 e. The average Bonchev–Trinajstić information content (AvgIpc) is 3.97. The fourth-order valence-corrected chi connectivity index (χ4v) is 7.48. The SMILES string of the molecule is CC1(C)OB(B2OC(C)(C)C(C)(C)O2)OC1(C)C.[C-]#[N+]c1cc(C)nc(-n2ncc3ccc(B4OC(C)(C)C(C)(C)O4)cc32)c1.[C-]#[N+]c1cc(C)nc(-n2ncc3ccc(Br)cc32)c1. The molecule has 0 saturated carbocycles. The Hall–Kier alpha value is -4.91. The molecule has 3 aliphatic rings. The quantitative estimate of drug-likeness (QED) is 0.125. The van der Waals surface area contributed by atoms with Gasteiger partial charge in [-0.3, -0.25) is 0 Å². The average molecular weight is 927 g/mol. The van der Waals surface area contributed by atoms with Gasteiger partial charge in [0.25, 0.3) is 0 Å². The van der Waals surface area contributed by atoms with Gasteiger partial charge in [0.15, 0.2) is 11.4 Å². The summed E-state index contributed by atoms with van der Waals surface area (Å²) in [5, 5.41) is 10.9. The Bertz CT molecular complexity index is 2750. The van der Waals surface area contributed by atoms with E-state index < -0.39 is 32.3 Å². The smallest absolute Gasteiger partial charge is 0.405 e. The first-order valence-corrected chi connectivity index (χ1v) is 22.0. The molecule has 3 fully saturated rings. The highest BCUT2D eigenvalue weighted by molar-refractivity contribution is 9.10. The van der Waals surface area contributed by atoms with E-state index in [0.29, 0.717) is 23.0 Å². The lowest BCUT2D eigenvalue weighted by molar-refractivity contribution is 0.00578. The molecule has 2 aromatic carbocycles. The van der Waals surface area contributed by atoms with Crippen molar-refractivity contribution in [3.05, 3.63) is 112 Å². The number of aryl methyl sites for hydroxylation is 2. The van der Waals surface area contributed by atoms with E-state index in [-0.39, 0.29) is 22.4 Å². The van der Waals surface area contributed by atoms with Crippen molar-refractivity contribution < 1.29 is 27.9 Å². The summed E-state index contributed by atoms with van der Waals surface area (Å²) in [6, 6.07) is 19.0. The molecule has 3 aliphatic heterocycles. The van der Waals surface area contributed by atoms with E-state index in [1.165, 1.54) is 0 Å². The monoisotopic (exact) mass is 926 g/mol. The van der Waals surface area contributed by atoms with Gasteiger partial charge in [0.1, 0.15) is 11.6 Å². The molecule has 0 amide bonds.